The minimum absolute atomic E-state index is 0.336. The van der Waals surface area contributed by atoms with Gasteiger partial charge in [0.25, 0.3) is 0 Å². The zero-order valence-corrected chi connectivity index (χ0v) is 16.4. The molecule has 0 aliphatic heterocycles. The van der Waals surface area contributed by atoms with Crippen molar-refractivity contribution >= 4 is 23.5 Å². The third-order valence-corrected chi connectivity index (χ3v) is 4.79. The van der Waals surface area contributed by atoms with Crippen LogP contribution in [-0.4, -0.2) is 18.5 Å². The summed E-state index contributed by atoms with van der Waals surface area (Å²) in [5.41, 5.74) is -0.522. The minimum atomic E-state index is -1.27. The average Bonchev–Trinajstić information content (AvgIpc) is 2.59. The highest BCUT2D eigenvalue weighted by Gasteiger charge is 2.46. The molecule has 1 aromatic carbocycles. The molecule has 0 saturated heterocycles. The summed E-state index contributed by atoms with van der Waals surface area (Å²) in [7, 11) is 0. The van der Waals surface area contributed by atoms with Crippen LogP contribution < -0.4 is 4.74 Å². The number of esters is 2. The van der Waals surface area contributed by atoms with Gasteiger partial charge in [-0.15, -0.1) is 0 Å². The number of carbonyl (C=O) groups excluding carboxylic acids is 2. The van der Waals surface area contributed by atoms with Crippen LogP contribution in [0, 0.1) is 12.3 Å². The van der Waals surface area contributed by atoms with Crippen molar-refractivity contribution in [1.82, 2.24) is 0 Å². The molecule has 5 heteroatoms. The van der Waals surface area contributed by atoms with Crippen LogP contribution in [0.1, 0.15) is 64.9 Å². The van der Waals surface area contributed by atoms with Crippen LogP contribution in [-0.2, 0) is 14.3 Å². The largest absolute Gasteiger partial charge is 0.465 e. The van der Waals surface area contributed by atoms with Crippen LogP contribution in [0.5, 0.6) is 5.75 Å². The van der Waals surface area contributed by atoms with E-state index in [2.05, 4.69) is 6.92 Å². The van der Waals surface area contributed by atoms with Crippen molar-refractivity contribution in [3.8, 4) is 5.75 Å². The molecule has 0 unspecified atom stereocenters. The second-order valence-electron chi connectivity index (χ2n) is 6.29. The van der Waals surface area contributed by atoms with E-state index in [1.54, 1.807) is 39.0 Å². The molecule has 0 fully saturated rings. The average molecular weight is 369 g/mol. The summed E-state index contributed by atoms with van der Waals surface area (Å²) >= 11 is 5.93. The number of aryl methyl sites for hydroxylation is 1. The van der Waals surface area contributed by atoms with Gasteiger partial charge in [-0.05, 0) is 49.9 Å². The van der Waals surface area contributed by atoms with E-state index in [0.717, 1.165) is 31.2 Å². The second kappa shape index (κ2) is 10.4. The first kappa shape index (κ1) is 21.5. The predicted octanol–water partition coefficient (Wildman–Crippen LogP) is 5.48. The van der Waals surface area contributed by atoms with Crippen LogP contribution in [0.15, 0.2) is 18.2 Å². The SMILES string of the molecule is CCCCCCOC(=O)C(CC)(CC)C(=O)Oc1ccc(Cl)cc1C. The number of halogens is 1. The molecule has 0 aliphatic rings. The van der Waals surface area contributed by atoms with Gasteiger partial charge in [0.2, 0.25) is 0 Å². The smallest absolute Gasteiger partial charge is 0.328 e. The normalized spacial score (nSPS) is 11.2. The molecule has 0 atom stereocenters. The van der Waals surface area contributed by atoms with Gasteiger partial charge in [-0.3, -0.25) is 9.59 Å². The Morgan fingerprint density at radius 3 is 2.28 bits per heavy atom. The van der Waals surface area contributed by atoms with Crippen LogP contribution in [0.25, 0.3) is 0 Å². The lowest BCUT2D eigenvalue weighted by atomic mass is 9.82. The van der Waals surface area contributed by atoms with Gasteiger partial charge in [0, 0.05) is 5.02 Å². The van der Waals surface area contributed by atoms with E-state index in [4.69, 9.17) is 21.1 Å². The molecule has 25 heavy (non-hydrogen) atoms. The molecule has 4 nitrogen and oxygen atoms in total. The molecular formula is C20H29ClO4. The van der Waals surface area contributed by atoms with Gasteiger partial charge in [0.1, 0.15) is 5.75 Å². The Bertz CT molecular complexity index is 579. The van der Waals surface area contributed by atoms with Crippen LogP contribution in [0.3, 0.4) is 0 Å². The number of hydrogen-bond donors (Lipinski definition) is 0. The predicted molar refractivity (Wildman–Crippen MR) is 99.9 cm³/mol. The number of carbonyl (C=O) groups is 2. The van der Waals surface area contributed by atoms with E-state index >= 15 is 0 Å². The Balaban J connectivity index is 2.81. The fourth-order valence-electron chi connectivity index (χ4n) is 2.67. The molecule has 1 rings (SSSR count). The van der Waals surface area contributed by atoms with Gasteiger partial charge < -0.3 is 9.47 Å². The molecule has 0 amide bonds. The van der Waals surface area contributed by atoms with Crippen molar-refractivity contribution in [3.63, 3.8) is 0 Å². The highest BCUT2D eigenvalue weighted by atomic mass is 35.5. The zero-order valence-electron chi connectivity index (χ0n) is 15.7. The van der Waals surface area contributed by atoms with Crippen LogP contribution >= 0.6 is 11.6 Å². The number of hydrogen-bond acceptors (Lipinski definition) is 4. The molecule has 0 heterocycles. The van der Waals surface area contributed by atoms with Gasteiger partial charge in [-0.1, -0.05) is 51.6 Å². The molecule has 1 aromatic rings. The lowest BCUT2D eigenvalue weighted by molar-refractivity contribution is -0.168. The highest BCUT2D eigenvalue weighted by molar-refractivity contribution is 6.30. The quantitative estimate of drug-likeness (QED) is 0.237. The highest BCUT2D eigenvalue weighted by Crippen LogP contribution is 2.32. The Hall–Kier alpha value is -1.55. The van der Waals surface area contributed by atoms with E-state index in [-0.39, 0.29) is 0 Å². The maximum absolute atomic E-state index is 12.8. The topological polar surface area (TPSA) is 52.6 Å². The first-order chi connectivity index (χ1) is 11.9. The lowest BCUT2D eigenvalue weighted by Crippen LogP contribution is -2.42. The molecule has 0 bridgehead atoms. The maximum Gasteiger partial charge on any atom is 0.328 e. The summed E-state index contributed by atoms with van der Waals surface area (Å²) in [6, 6.07) is 5.01. The Labute approximate surface area is 155 Å². The number of rotatable bonds is 10. The number of unbranched alkanes of at least 4 members (excludes halogenated alkanes) is 3. The first-order valence-electron chi connectivity index (χ1n) is 9.06. The summed E-state index contributed by atoms with van der Waals surface area (Å²) in [6.07, 6.45) is 4.74. The van der Waals surface area contributed by atoms with Gasteiger partial charge in [0.05, 0.1) is 6.61 Å². The third-order valence-electron chi connectivity index (χ3n) is 4.56. The van der Waals surface area contributed by atoms with Crippen molar-refractivity contribution in [2.45, 2.75) is 66.2 Å². The summed E-state index contributed by atoms with van der Waals surface area (Å²) in [5.74, 6) is -0.650. The summed E-state index contributed by atoms with van der Waals surface area (Å²) in [5, 5.41) is 0.570. The molecule has 0 spiro atoms. The van der Waals surface area contributed by atoms with Gasteiger partial charge in [0.15, 0.2) is 5.41 Å². The Morgan fingerprint density at radius 2 is 1.72 bits per heavy atom. The maximum atomic E-state index is 12.8. The van der Waals surface area contributed by atoms with Gasteiger partial charge in [-0.25, -0.2) is 0 Å². The summed E-state index contributed by atoms with van der Waals surface area (Å²) in [4.78, 5) is 25.3. The number of ether oxygens (including phenoxy) is 2. The molecule has 0 aromatic heterocycles. The van der Waals surface area contributed by atoms with Crippen molar-refractivity contribution in [2.75, 3.05) is 6.61 Å². The van der Waals surface area contributed by atoms with E-state index in [1.807, 2.05) is 0 Å². The van der Waals surface area contributed by atoms with Crippen molar-refractivity contribution in [3.05, 3.63) is 28.8 Å². The summed E-state index contributed by atoms with van der Waals surface area (Å²) < 4.78 is 10.9. The summed E-state index contributed by atoms with van der Waals surface area (Å²) in [6.45, 7) is 7.88. The first-order valence-corrected chi connectivity index (χ1v) is 9.44. The standard InChI is InChI=1S/C20H29ClO4/c1-5-8-9-10-13-24-18(22)20(6-2,7-3)19(23)25-17-12-11-16(21)14-15(17)4/h11-12,14H,5-10,13H2,1-4H3. The van der Waals surface area contributed by atoms with Crippen molar-refractivity contribution < 1.29 is 19.1 Å². The fraction of sp³-hybridized carbons (Fsp3) is 0.600. The van der Waals surface area contributed by atoms with Crippen LogP contribution in [0.4, 0.5) is 0 Å². The molecule has 0 saturated carbocycles. The van der Waals surface area contributed by atoms with E-state index in [0.29, 0.717) is 30.2 Å². The molecule has 0 N–H and O–H groups in total. The lowest BCUT2D eigenvalue weighted by Gasteiger charge is -2.27. The molecule has 0 aliphatic carbocycles. The monoisotopic (exact) mass is 368 g/mol. The van der Waals surface area contributed by atoms with Crippen LogP contribution in [0.2, 0.25) is 5.02 Å². The second-order valence-corrected chi connectivity index (χ2v) is 6.72. The van der Waals surface area contributed by atoms with E-state index < -0.39 is 17.4 Å². The van der Waals surface area contributed by atoms with Gasteiger partial charge >= 0.3 is 11.9 Å². The zero-order chi connectivity index (χ0) is 18.9. The Kier molecular flexibility index (Phi) is 8.98. The minimum Gasteiger partial charge on any atom is -0.465 e. The molecular weight excluding hydrogens is 340 g/mol. The fourth-order valence-corrected chi connectivity index (χ4v) is 2.89. The van der Waals surface area contributed by atoms with Gasteiger partial charge in [-0.2, -0.15) is 0 Å². The molecule has 0 radical (unpaired) electrons. The molecule has 140 valence electrons. The number of benzene rings is 1. The third kappa shape index (κ3) is 5.74. The van der Waals surface area contributed by atoms with Crippen molar-refractivity contribution in [1.29, 1.82) is 0 Å². The van der Waals surface area contributed by atoms with E-state index in [9.17, 15) is 9.59 Å². The van der Waals surface area contributed by atoms with Crippen molar-refractivity contribution in [2.24, 2.45) is 5.41 Å². The van der Waals surface area contributed by atoms with E-state index in [1.165, 1.54) is 0 Å². The Morgan fingerprint density at radius 1 is 1.04 bits per heavy atom.